The van der Waals surface area contributed by atoms with Crippen molar-refractivity contribution in [1.29, 1.82) is 0 Å². The van der Waals surface area contributed by atoms with Crippen LogP contribution in [0, 0.1) is 17.3 Å². The summed E-state index contributed by atoms with van der Waals surface area (Å²) in [7, 11) is 1.56. The molecule has 0 aromatic heterocycles. The maximum Gasteiger partial charge on any atom is 0.243 e. The Morgan fingerprint density at radius 1 is 1.16 bits per heavy atom. The molecule has 0 bridgehead atoms. The van der Waals surface area contributed by atoms with Crippen LogP contribution in [-0.4, -0.2) is 53.5 Å². The van der Waals surface area contributed by atoms with E-state index in [-0.39, 0.29) is 29.6 Å². The number of hydrogen-bond acceptors (Lipinski definition) is 4. The van der Waals surface area contributed by atoms with Crippen LogP contribution in [0.15, 0.2) is 30.3 Å². The summed E-state index contributed by atoms with van der Waals surface area (Å²) in [4.78, 5) is 40.8. The lowest BCUT2D eigenvalue weighted by molar-refractivity contribution is -0.141. The van der Waals surface area contributed by atoms with Gasteiger partial charge in [0.25, 0.3) is 0 Å². The van der Waals surface area contributed by atoms with Crippen molar-refractivity contribution in [3.05, 3.63) is 35.9 Å². The van der Waals surface area contributed by atoms with E-state index in [1.54, 1.807) is 11.9 Å². The third-order valence-corrected chi connectivity index (χ3v) is 6.78. The summed E-state index contributed by atoms with van der Waals surface area (Å²) in [5.41, 5.74) is 0.659. The van der Waals surface area contributed by atoms with Crippen molar-refractivity contribution in [2.45, 2.75) is 64.8 Å². The summed E-state index contributed by atoms with van der Waals surface area (Å²) in [6.07, 6.45) is 1.43. The van der Waals surface area contributed by atoms with Gasteiger partial charge >= 0.3 is 0 Å². The van der Waals surface area contributed by atoms with Gasteiger partial charge in [-0.2, -0.15) is 12.6 Å². The number of carbonyl (C=O) groups is 3. The second-order valence-electron chi connectivity index (χ2n) is 9.83. The van der Waals surface area contributed by atoms with E-state index in [4.69, 9.17) is 0 Å². The second kappa shape index (κ2) is 10.5. The zero-order chi connectivity index (χ0) is 23.3. The number of nitrogens with zero attached hydrogens (tertiary/aromatic N) is 1. The van der Waals surface area contributed by atoms with Gasteiger partial charge in [0.15, 0.2) is 0 Å². The Morgan fingerprint density at radius 3 is 2.29 bits per heavy atom. The van der Waals surface area contributed by atoms with Crippen molar-refractivity contribution in [3.8, 4) is 0 Å². The molecule has 6 nitrogen and oxygen atoms in total. The van der Waals surface area contributed by atoms with Gasteiger partial charge in [0, 0.05) is 13.6 Å². The van der Waals surface area contributed by atoms with Gasteiger partial charge in [0.05, 0.1) is 5.25 Å². The van der Waals surface area contributed by atoms with E-state index in [0.29, 0.717) is 13.0 Å². The van der Waals surface area contributed by atoms with E-state index in [2.05, 4.69) is 23.3 Å². The minimum absolute atomic E-state index is 0.0237. The van der Waals surface area contributed by atoms with Crippen molar-refractivity contribution in [3.63, 3.8) is 0 Å². The summed E-state index contributed by atoms with van der Waals surface area (Å²) in [6.45, 7) is 10.1. The van der Waals surface area contributed by atoms with E-state index in [1.807, 2.05) is 65.0 Å². The summed E-state index contributed by atoms with van der Waals surface area (Å²) in [5, 5.41) is 5.12. The Labute approximate surface area is 191 Å². The molecule has 2 N–H and O–H groups in total. The number of thiol groups is 1. The molecule has 0 aliphatic carbocycles. The minimum atomic E-state index is -0.697. The summed E-state index contributed by atoms with van der Waals surface area (Å²) < 4.78 is 0. The Kier molecular flexibility index (Phi) is 8.57. The first-order valence-corrected chi connectivity index (χ1v) is 11.5. The third kappa shape index (κ3) is 6.25. The monoisotopic (exact) mass is 447 g/mol. The highest BCUT2D eigenvalue weighted by Crippen LogP contribution is 2.31. The SMILES string of the molecule is CNC(=O)C(NC(=O)C1C(Cc2ccccc2)CCN1C(=O)C(S)C(C)C)C(C)(C)C. The van der Waals surface area contributed by atoms with E-state index in [1.165, 1.54) is 0 Å². The van der Waals surface area contributed by atoms with Crippen LogP contribution in [0.5, 0.6) is 0 Å². The van der Waals surface area contributed by atoms with E-state index in [0.717, 1.165) is 12.0 Å². The molecule has 7 heteroatoms. The predicted molar refractivity (Wildman–Crippen MR) is 127 cm³/mol. The van der Waals surface area contributed by atoms with Crippen molar-refractivity contribution >= 4 is 30.4 Å². The molecule has 4 unspecified atom stereocenters. The normalized spacial score (nSPS) is 21.0. The maximum absolute atomic E-state index is 13.5. The highest BCUT2D eigenvalue weighted by Gasteiger charge is 2.45. The van der Waals surface area contributed by atoms with Gasteiger partial charge in [0.2, 0.25) is 17.7 Å². The molecule has 172 valence electrons. The Balaban J connectivity index is 2.33. The zero-order valence-electron chi connectivity index (χ0n) is 19.5. The third-order valence-electron chi connectivity index (χ3n) is 5.96. The van der Waals surface area contributed by atoms with Crippen molar-refractivity contribution in [1.82, 2.24) is 15.5 Å². The molecule has 0 spiro atoms. The molecule has 0 radical (unpaired) electrons. The average molecular weight is 448 g/mol. The van der Waals surface area contributed by atoms with E-state index >= 15 is 0 Å². The van der Waals surface area contributed by atoms with E-state index < -0.39 is 22.7 Å². The molecule has 1 aromatic rings. The lowest BCUT2D eigenvalue weighted by Gasteiger charge is -2.34. The van der Waals surface area contributed by atoms with Gasteiger partial charge < -0.3 is 15.5 Å². The van der Waals surface area contributed by atoms with Gasteiger partial charge in [-0.15, -0.1) is 0 Å². The molecule has 4 atom stereocenters. The lowest BCUT2D eigenvalue weighted by atomic mass is 9.85. The number of nitrogens with one attached hydrogen (secondary N) is 2. The number of amides is 3. The van der Waals surface area contributed by atoms with Crippen LogP contribution < -0.4 is 10.6 Å². The van der Waals surface area contributed by atoms with Crippen molar-refractivity contribution in [2.75, 3.05) is 13.6 Å². The average Bonchev–Trinajstić information content (AvgIpc) is 3.13. The van der Waals surface area contributed by atoms with Crippen molar-refractivity contribution < 1.29 is 14.4 Å². The Hall–Kier alpha value is -2.02. The molecule has 1 aromatic carbocycles. The highest BCUT2D eigenvalue weighted by molar-refractivity contribution is 7.81. The maximum atomic E-state index is 13.5. The number of hydrogen-bond donors (Lipinski definition) is 3. The van der Waals surface area contributed by atoms with Crippen molar-refractivity contribution in [2.24, 2.45) is 17.3 Å². The minimum Gasteiger partial charge on any atom is -0.357 e. The fraction of sp³-hybridized carbons (Fsp3) is 0.625. The second-order valence-corrected chi connectivity index (χ2v) is 10.4. The number of likely N-dealkylation sites (tertiary alicyclic amines) is 1. The zero-order valence-corrected chi connectivity index (χ0v) is 20.4. The molecular formula is C24H37N3O3S. The molecule has 3 amide bonds. The molecule has 1 saturated heterocycles. The van der Waals surface area contributed by atoms with Crippen LogP contribution in [0.1, 0.15) is 46.6 Å². The molecule has 1 fully saturated rings. The largest absolute Gasteiger partial charge is 0.357 e. The first-order chi connectivity index (χ1) is 14.5. The molecule has 2 rings (SSSR count). The smallest absolute Gasteiger partial charge is 0.243 e. The quantitative estimate of drug-likeness (QED) is 0.563. The lowest BCUT2D eigenvalue weighted by Crippen LogP contribution is -2.59. The van der Waals surface area contributed by atoms with Gasteiger partial charge in [0.1, 0.15) is 12.1 Å². The molecule has 0 saturated carbocycles. The van der Waals surface area contributed by atoms with Gasteiger partial charge in [-0.1, -0.05) is 65.0 Å². The van der Waals surface area contributed by atoms with Crippen LogP contribution >= 0.6 is 12.6 Å². The fourth-order valence-electron chi connectivity index (χ4n) is 4.09. The van der Waals surface area contributed by atoms with Crippen LogP contribution in [0.4, 0.5) is 0 Å². The molecular weight excluding hydrogens is 410 g/mol. The van der Waals surface area contributed by atoms with Gasteiger partial charge in [-0.05, 0) is 35.7 Å². The molecule has 1 aliphatic heterocycles. The predicted octanol–water partition coefficient (Wildman–Crippen LogP) is 2.68. The first kappa shape index (κ1) is 25.2. The van der Waals surface area contributed by atoms with E-state index in [9.17, 15) is 14.4 Å². The summed E-state index contributed by atoms with van der Waals surface area (Å²) in [5.74, 6) is -0.614. The number of rotatable bonds is 7. The molecule has 1 aliphatic rings. The number of likely N-dealkylation sites (N-methyl/N-ethyl adjacent to an activating group) is 1. The summed E-state index contributed by atoms with van der Waals surface area (Å²) in [6, 6.07) is 8.67. The Bertz CT molecular complexity index is 776. The number of carbonyl (C=O) groups excluding carboxylic acids is 3. The highest BCUT2D eigenvalue weighted by atomic mass is 32.1. The molecule has 31 heavy (non-hydrogen) atoms. The van der Waals surface area contributed by atoms with Crippen LogP contribution in [0.3, 0.4) is 0 Å². The molecule has 1 heterocycles. The van der Waals surface area contributed by atoms with Gasteiger partial charge in [-0.3, -0.25) is 14.4 Å². The van der Waals surface area contributed by atoms with Gasteiger partial charge in [-0.25, -0.2) is 0 Å². The fourth-order valence-corrected chi connectivity index (χ4v) is 4.24. The van der Waals surface area contributed by atoms with Crippen LogP contribution in [0.2, 0.25) is 0 Å². The topological polar surface area (TPSA) is 78.5 Å². The number of benzene rings is 1. The standard InChI is InChI=1S/C24H37N3O3S/c1-15(2)19(31)23(30)27-13-12-17(14-16-10-8-7-9-11-16)18(27)21(28)26-20(22(29)25-6)24(3,4)5/h7-11,15,17-20,31H,12-14H2,1-6H3,(H,25,29)(H,26,28). The van der Waals surface area contributed by atoms with Crippen LogP contribution in [0.25, 0.3) is 0 Å². The summed E-state index contributed by atoms with van der Waals surface area (Å²) >= 11 is 4.51. The van der Waals surface area contributed by atoms with Crippen LogP contribution in [-0.2, 0) is 20.8 Å². The first-order valence-electron chi connectivity index (χ1n) is 11.0. The Morgan fingerprint density at radius 2 is 1.77 bits per heavy atom.